The summed E-state index contributed by atoms with van der Waals surface area (Å²) in [4.78, 5) is 9.65. The minimum atomic E-state index is -0.191. The first kappa shape index (κ1) is 13.0. The van der Waals surface area contributed by atoms with Crippen LogP contribution in [0.3, 0.4) is 0 Å². The molecule has 18 heavy (non-hydrogen) atoms. The molecule has 0 radical (unpaired) electrons. The predicted octanol–water partition coefficient (Wildman–Crippen LogP) is 2.60. The topological polar surface area (TPSA) is 61.0 Å². The molecular formula is C13H17N3OS. The third-order valence-corrected chi connectivity index (χ3v) is 3.78. The van der Waals surface area contributed by atoms with Crippen molar-refractivity contribution in [1.29, 1.82) is 0 Å². The number of hydrogen-bond donors (Lipinski definition) is 1. The minimum Gasteiger partial charge on any atom is -0.492 e. The Morgan fingerprint density at radius 1 is 1.39 bits per heavy atom. The Hall–Kier alpha value is -1.46. The van der Waals surface area contributed by atoms with Gasteiger partial charge in [-0.05, 0) is 32.4 Å². The number of aryl methyl sites for hydroxylation is 2. The maximum Gasteiger partial charge on any atom is 0.137 e. The lowest BCUT2D eigenvalue weighted by Gasteiger charge is -2.12. The van der Waals surface area contributed by atoms with E-state index in [-0.39, 0.29) is 6.04 Å². The molecule has 0 spiro atoms. The van der Waals surface area contributed by atoms with Crippen molar-refractivity contribution >= 4 is 11.3 Å². The summed E-state index contributed by atoms with van der Waals surface area (Å²) < 4.78 is 5.44. The lowest BCUT2D eigenvalue weighted by molar-refractivity contribution is 0.338. The molecule has 0 amide bonds. The smallest absolute Gasteiger partial charge is 0.137 e. The SMILES string of the molecule is CCOc1cncc(C(N)c2sc(C)nc2C)c1. The fourth-order valence-electron chi connectivity index (χ4n) is 1.84. The number of aromatic nitrogens is 2. The first-order chi connectivity index (χ1) is 8.61. The molecule has 0 aromatic carbocycles. The fraction of sp³-hybridized carbons (Fsp3) is 0.385. The number of rotatable bonds is 4. The summed E-state index contributed by atoms with van der Waals surface area (Å²) in [5, 5.41) is 1.03. The Bertz CT molecular complexity index is 539. The van der Waals surface area contributed by atoms with Crippen LogP contribution in [0, 0.1) is 13.8 Å². The minimum absolute atomic E-state index is 0.191. The van der Waals surface area contributed by atoms with Crippen LogP contribution in [-0.4, -0.2) is 16.6 Å². The Kier molecular flexibility index (Phi) is 3.93. The molecule has 2 aromatic heterocycles. The van der Waals surface area contributed by atoms with Gasteiger partial charge >= 0.3 is 0 Å². The summed E-state index contributed by atoms with van der Waals surface area (Å²) in [5.74, 6) is 0.754. The molecule has 0 aliphatic carbocycles. The van der Waals surface area contributed by atoms with Crippen LogP contribution < -0.4 is 10.5 Å². The molecule has 0 saturated heterocycles. The van der Waals surface area contributed by atoms with Crippen molar-refractivity contribution in [3.05, 3.63) is 39.6 Å². The van der Waals surface area contributed by atoms with Gasteiger partial charge in [-0.25, -0.2) is 4.98 Å². The summed E-state index contributed by atoms with van der Waals surface area (Å²) >= 11 is 1.63. The van der Waals surface area contributed by atoms with Crippen LogP contribution in [0.1, 0.15) is 34.1 Å². The quantitative estimate of drug-likeness (QED) is 0.921. The molecular weight excluding hydrogens is 246 g/mol. The molecule has 2 heterocycles. The van der Waals surface area contributed by atoms with E-state index in [1.807, 2.05) is 26.8 Å². The molecule has 2 N–H and O–H groups in total. The molecule has 2 rings (SSSR count). The summed E-state index contributed by atoms with van der Waals surface area (Å²) in [6, 6.07) is 1.75. The molecule has 96 valence electrons. The van der Waals surface area contributed by atoms with E-state index in [0.29, 0.717) is 6.61 Å². The van der Waals surface area contributed by atoms with E-state index < -0.39 is 0 Å². The highest BCUT2D eigenvalue weighted by molar-refractivity contribution is 7.11. The Morgan fingerprint density at radius 2 is 2.17 bits per heavy atom. The summed E-state index contributed by atoms with van der Waals surface area (Å²) in [7, 11) is 0. The highest BCUT2D eigenvalue weighted by atomic mass is 32.1. The van der Waals surface area contributed by atoms with E-state index in [2.05, 4.69) is 9.97 Å². The van der Waals surface area contributed by atoms with Crippen LogP contribution in [-0.2, 0) is 0 Å². The van der Waals surface area contributed by atoms with Crippen molar-refractivity contribution < 1.29 is 4.74 Å². The molecule has 0 aliphatic rings. The molecule has 5 heteroatoms. The molecule has 0 bridgehead atoms. The van der Waals surface area contributed by atoms with Crippen LogP contribution in [0.15, 0.2) is 18.5 Å². The van der Waals surface area contributed by atoms with E-state index in [1.54, 1.807) is 23.7 Å². The first-order valence-electron chi connectivity index (χ1n) is 5.89. The maximum absolute atomic E-state index is 6.27. The van der Waals surface area contributed by atoms with Gasteiger partial charge in [0, 0.05) is 11.1 Å². The molecule has 0 fully saturated rings. The number of ether oxygens (including phenoxy) is 1. The summed E-state index contributed by atoms with van der Waals surface area (Å²) in [6.45, 7) is 6.55. The number of nitrogens with zero attached hydrogens (tertiary/aromatic N) is 2. The van der Waals surface area contributed by atoms with Gasteiger partial charge in [0.2, 0.25) is 0 Å². The van der Waals surface area contributed by atoms with Gasteiger partial charge in [0.25, 0.3) is 0 Å². The molecule has 4 nitrogen and oxygen atoms in total. The zero-order valence-electron chi connectivity index (χ0n) is 10.8. The monoisotopic (exact) mass is 263 g/mol. The second-order valence-electron chi connectivity index (χ2n) is 4.05. The maximum atomic E-state index is 6.27. The van der Waals surface area contributed by atoms with Gasteiger partial charge in [0.15, 0.2) is 0 Å². The average Bonchev–Trinajstić information content (AvgIpc) is 2.68. The van der Waals surface area contributed by atoms with Crippen LogP contribution >= 0.6 is 11.3 Å². The van der Waals surface area contributed by atoms with Gasteiger partial charge in [0.1, 0.15) is 5.75 Å². The van der Waals surface area contributed by atoms with Crippen LogP contribution in [0.4, 0.5) is 0 Å². The van der Waals surface area contributed by atoms with Crippen molar-refractivity contribution in [2.45, 2.75) is 26.8 Å². The van der Waals surface area contributed by atoms with Crippen molar-refractivity contribution in [2.75, 3.05) is 6.61 Å². The first-order valence-corrected chi connectivity index (χ1v) is 6.70. The molecule has 0 saturated carbocycles. The summed E-state index contributed by atoms with van der Waals surface area (Å²) in [6.07, 6.45) is 3.48. The van der Waals surface area contributed by atoms with E-state index in [4.69, 9.17) is 10.5 Å². The Morgan fingerprint density at radius 3 is 2.78 bits per heavy atom. The van der Waals surface area contributed by atoms with Crippen LogP contribution in [0.2, 0.25) is 0 Å². The molecule has 0 aliphatic heterocycles. The van der Waals surface area contributed by atoms with Crippen molar-refractivity contribution in [2.24, 2.45) is 5.73 Å². The molecule has 1 atom stereocenters. The van der Waals surface area contributed by atoms with Gasteiger partial charge in [-0.2, -0.15) is 0 Å². The van der Waals surface area contributed by atoms with Gasteiger partial charge in [0.05, 0.1) is 29.5 Å². The highest BCUT2D eigenvalue weighted by Crippen LogP contribution is 2.29. The second-order valence-corrected chi connectivity index (χ2v) is 5.28. The molecule has 1 unspecified atom stereocenters. The fourth-order valence-corrected chi connectivity index (χ4v) is 2.80. The molecule has 2 aromatic rings. The predicted molar refractivity (Wildman–Crippen MR) is 73.0 cm³/mol. The standard InChI is InChI=1S/C13H17N3OS/c1-4-17-11-5-10(6-15-7-11)12(14)13-8(2)16-9(3)18-13/h5-7,12H,4,14H2,1-3H3. The lowest BCUT2D eigenvalue weighted by atomic mass is 10.1. The Balaban J connectivity index is 2.30. The zero-order chi connectivity index (χ0) is 13.1. The number of pyridine rings is 1. The van der Waals surface area contributed by atoms with E-state index in [0.717, 1.165) is 26.9 Å². The van der Waals surface area contributed by atoms with Gasteiger partial charge in [-0.3, -0.25) is 4.98 Å². The van der Waals surface area contributed by atoms with E-state index >= 15 is 0 Å². The van der Waals surface area contributed by atoms with Gasteiger partial charge in [-0.15, -0.1) is 11.3 Å². The van der Waals surface area contributed by atoms with Crippen LogP contribution in [0.5, 0.6) is 5.75 Å². The third-order valence-electron chi connectivity index (χ3n) is 2.63. The highest BCUT2D eigenvalue weighted by Gasteiger charge is 2.16. The number of hydrogen-bond acceptors (Lipinski definition) is 5. The van der Waals surface area contributed by atoms with E-state index in [9.17, 15) is 0 Å². The number of nitrogens with two attached hydrogens (primary N) is 1. The van der Waals surface area contributed by atoms with Crippen molar-refractivity contribution in [3.63, 3.8) is 0 Å². The van der Waals surface area contributed by atoms with Crippen molar-refractivity contribution in [1.82, 2.24) is 9.97 Å². The summed E-state index contributed by atoms with van der Waals surface area (Å²) in [5.41, 5.74) is 8.21. The zero-order valence-corrected chi connectivity index (χ0v) is 11.6. The average molecular weight is 263 g/mol. The van der Waals surface area contributed by atoms with Gasteiger partial charge in [-0.1, -0.05) is 0 Å². The lowest BCUT2D eigenvalue weighted by Crippen LogP contribution is -2.12. The van der Waals surface area contributed by atoms with Crippen molar-refractivity contribution in [3.8, 4) is 5.75 Å². The normalized spacial score (nSPS) is 12.4. The van der Waals surface area contributed by atoms with Crippen LogP contribution in [0.25, 0.3) is 0 Å². The van der Waals surface area contributed by atoms with Gasteiger partial charge < -0.3 is 10.5 Å². The second kappa shape index (κ2) is 5.46. The van der Waals surface area contributed by atoms with E-state index in [1.165, 1.54) is 0 Å². The Labute approximate surface area is 111 Å². The number of thiazole rings is 1. The largest absolute Gasteiger partial charge is 0.492 e. The third kappa shape index (κ3) is 2.68.